The van der Waals surface area contributed by atoms with Gasteiger partial charge in [0.25, 0.3) is 0 Å². The minimum Gasteiger partial charge on any atom is -0.319 e. The number of nitrogens with zero attached hydrogens (tertiary/aromatic N) is 2. The average Bonchev–Trinajstić information content (AvgIpc) is 2.94. The highest BCUT2D eigenvalue weighted by Crippen LogP contribution is 2.29. The summed E-state index contributed by atoms with van der Waals surface area (Å²) in [4.78, 5) is 4.48. The van der Waals surface area contributed by atoms with Crippen molar-refractivity contribution < 1.29 is 8.78 Å². The van der Waals surface area contributed by atoms with Gasteiger partial charge in [0.15, 0.2) is 0 Å². The van der Waals surface area contributed by atoms with Gasteiger partial charge in [-0.25, -0.2) is 13.8 Å². The third kappa shape index (κ3) is 2.46. The second-order valence-corrected chi connectivity index (χ2v) is 5.59. The maximum absolute atomic E-state index is 14.3. The molecule has 4 aromatic rings. The van der Waals surface area contributed by atoms with Crippen LogP contribution in [0, 0.1) is 11.6 Å². The van der Waals surface area contributed by atoms with Crippen LogP contribution in [0.1, 0.15) is 5.56 Å². The molecule has 0 saturated heterocycles. The van der Waals surface area contributed by atoms with E-state index in [4.69, 9.17) is 0 Å². The van der Waals surface area contributed by atoms with Gasteiger partial charge in [-0.2, -0.15) is 0 Å². The molecule has 4 heteroatoms. The third-order valence-electron chi connectivity index (χ3n) is 4.02. The molecule has 1 aromatic heterocycles. The van der Waals surface area contributed by atoms with E-state index in [9.17, 15) is 8.78 Å². The number of hydrogen-bond donors (Lipinski definition) is 0. The number of fused-ring (bicyclic) bond motifs is 1. The first-order valence-corrected chi connectivity index (χ1v) is 7.67. The summed E-state index contributed by atoms with van der Waals surface area (Å²) in [6.07, 6.45) is 0. The van der Waals surface area contributed by atoms with E-state index in [1.54, 1.807) is 0 Å². The summed E-state index contributed by atoms with van der Waals surface area (Å²) in [5.74, 6) is -0.921. The van der Waals surface area contributed by atoms with Crippen molar-refractivity contribution in [3.63, 3.8) is 0 Å². The average molecular weight is 320 g/mol. The van der Waals surface area contributed by atoms with Gasteiger partial charge in [0.05, 0.1) is 16.6 Å². The van der Waals surface area contributed by atoms with Crippen LogP contribution in [0.2, 0.25) is 0 Å². The minimum atomic E-state index is -0.611. The van der Waals surface area contributed by atoms with E-state index in [2.05, 4.69) is 4.98 Å². The molecule has 0 aliphatic rings. The zero-order chi connectivity index (χ0) is 16.5. The molecule has 2 nitrogen and oxygen atoms in total. The Bertz CT molecular complexity index is 987. The molecule has 0 unspecified atom stereocenters. The summed E-state index contributed by atoms with van der Waals surface area (Å²) in [6.45, 7) is 0.491. The van der Waals surface area contributed by atoms with Gasteiger partial charge in [-0.3, -0.25) is 0 Å². The maximum Gasteiger partial charge on any atom is 0.147 e. The van der Waals surface area contributed by atoms with Crippen LogP contribution >= 0.6 is 0 Å². The Morgan fingerprint density at radius 1 is 0.750 bits per heavy atom. The molecule has 0 aliphatic carbocycles. The molecular formula is C20H14F2N2. The number of para-hydroxylation sites is 2. The van der Waals surface area contributed by atoms with Crippen LogP contribution in [0.3, 0.4) is 0 Å². The van der Waals surface area contributed by atoms with E-state index in [1.807, 2.05) is 59.2 Å². The van der Waals surface area contributed by atoms with Crippen LogP contribution in [-0.4, -0.2) is 9.55 Å². The second-order valence-electron chi connectivity index (χ2n) is 5.59. The van der Waals surface area contributed by atoms with Gasteiger partial charge < -0.3 is 4.57 Å². The lowest BCUT2D eigenvalue weighted by molar-refractivity contribution is 0.585. The van der Waals surface area contributed by atoms with Crippen molar-refractivity contribution in [3.05, 3.63) is 90.0 Å². The predicted molar refractivity (Wildman–Crippen MR) is 90.6 cm³/mol. The highest BCUT2D eigenvalue weighted by molar-refractivity contribution is 5.81. The van der Waals surface area contributed by atoms with Crippen LogP contribution in [0.4, 0.5) is 8.78 Å². The van der Waals surface area contributed by atoms with Crippen molar-refractivity contribution in [2.45, 2.75) is 6.54 Å². The molecule has 0 aliphatic heterocycles. The Hall–Kier alpha value is -3.01. The fraction of sp³-hybridized carbons (Fsp3) is 0.0500. The Balaban J connectivity index is 1.97. The second kappa shape index (κ2) is 5.89. The Kier molecular flexibility index (Phi) is 3.58. The molecule has 0 saturated carbocycles. The summed E-state index contributed by atoms with van der Waals surface area (Å²) >= 11 is 0. The molecule has 4 rings (SSSR count). The normalized spacial score (nSPS) is 11.1. The van der Waals surface area contributed by atoms with E-state index in [0.29, 0.717) is 17.9 Å². The quantitative estimate of drug-likeness (QED) is 0.518. The number of hydrogen-bond acceptors (Lipinski definition) is 1. The smallest absolute Gasteiger partial charge is 0.147 e. The molecule has 0 N–H and O–H groups in total. The van der Waals surface area contributed by atoms with E-state index < -0.39 is 11.6 Å². The summed E-state index contributed by atoms with van der Waals surface area (Å²) < 4.78 is 30.4. The van der Waals surface area contributed by atoms with Gasteiger partial charge in [-0.1, -0.05) is 48.5 Å². The van der Waals surface area contributed by atoms with Crippen molar-refractivity contribution in [2.75, 3.05) is 0 Å². The number of halogens is 2. The zero-order valence-electron chi connectivity index (χ0n) is 12.8. The molecule has 0 radical (unpaired) electrons. The lowest BCUT2D eigenvalue weighted by Gasteiger charge is -2.11. The molecule has 0 spiro atoms. The van der Waals surface area contributed by atoms with Gasteiger partial charge >= 0.3 is 0 Å². The third-order valence-corrected chi connectivity index (χ3v) is 4.02. The molecular weight excluding hydrogens is 306 g/mol. The minimum absolute atomic E-state index is 0.0929. The van der Waals surface area contributed by atoms with Gasteiger partial charge in [0.2, 0.25) is 0 Å². The summed E-state index contributed by atoms with van der Waals surface area (Å²) in [5.41, 5.74) is 2.51. The Morgan fingerprint density at radius 2 is 1.42 bits per heavy atom. The van der Waals surface area contributed by atoms with Crippen molar-refractivity contribution in [3.8, 4) is 11.4 Å². The first kappa shape index (κ1) is 14.6. The van der Waals surface area contributed by atoms with Crippen LogP contribution in [0.15, 0.2) is 72.8 Å². The fourth-order valence-electron chi connectivity index (χ4n) is 2.90. The number of rotatable bonds is 3. The van der Waals surface area contributed by atoms with Gasteiger partial charge in [-0.05, 0) is 29.8 Å². The molecule has 118 valence electrons. The first-order valence-electron chi connectivity index (χ1n) is 7.67. The first-order chi connectivity index (χ1) is 11.7. The van der Waals surface area contributed by atoms with Crippen molar-refractivity contribution in [1.29, 1.82) is 0 Å². The molecule has 1 heterocycles. The number of imidazole rings is 1. The van der Waals surface area contributed by atoms with Crippen LogP contribution in [-0.2, 0) is 6.54 Å². The molecule has 0 bridgehead atoms. The molecule has 0 fully saturated rings. The number of benzene rings is 3. The predicted octanol–water partition coefficient (Wildman–Crippen LogP) is 5.03. The van der Waals surface area contributed by atoms with E-state index in [-0.39, 0.29) is 5.56 Å². The van der Waals surface area contributed by atoms with Gasteiger partial charge in [0.1, 0.15) is 17.5 Å². The summed E-state index contributed by atoms with van der Waals surface area (Å²) in [6, 6.07) is 21.2. The topological polar surface area (TPSA) is 17.8 Å². The Morgan fingerprint density at radius 3 is 2.17 bits per heavy atom. The highest BCUT2D eigenvalue weighted by atomic mass is 19.1. The maximum atomic E-state index is 14.3. The lowest BCUT2D eigenvalue weighted by atomic mass is 10.1. The van der Waals surface area contributed by atoms with E-state index >= 15 is 0 Å². The van der Waals surface area contributed by atoms with Gasteiger partial charge in [0, 0.05) is 6.54 Å². The van der Waals surface area contributed by atoms with Crippen LogP contribution in [0.5, 0.6) is 0 Å². The summed E-state index contributed by atoms with van der Waals surface area (Å²) in [5, 5.41) is 0. The monoisotopic (exact) mass is 320 g/mol. The highest BCUT2D eigenvalue weighted by Gasteiger charge is 2.19. The van der Waals surface area contributed by atoms with Gasteiger partial charge in [-0.15, -0.1) is 0 Å². The van der Waals surface area contributed by atoms with Crippen molar-refractivity contribution in [1.82, 2.24) is 9.55 Å². The van der Waals surface area contributed by atoms with Crippen molar-refractivity contribution >= 4 is 11.0 Å². The van der Waals surface area contributed by atoms with Crippen molar-refractivity contribution in [2.24, 2.45) is 0 Å². The summed E-state index contributed by atoms with van der Waals surface area (Å²) in [7, 11) is 0. The molecule has 24 heavy (non-hydrogen) atoms. The van der Waals surface area contributed by atoms with E-state index in [1.165, 1.54) is 18.2 Å². The zero-order valence-corrected chi connectivity index (χ0v) is 12.8. The lowest BCUT2D eigenvalue weighted by Crippen LogP contribution is -2.04. The van der Waals surface area contributed by atoms with Crippen LogP contribution in [0.25, 0.3) is 22.4 Å². The molecule has 0 atom stereocenters. The van der Waals surface area contributed by atoms with Crippen LogP contribution < -0.4 is 0 Å². The number of aromatic nitrogens is 2. The Labute approximate surface area is 138 Å². The molecule has 0 amide bonds. The fourth-order valence-corrected chi connectivity index (χ4v) is 2.90. The van der Waals surface area contributed by atoms with E-state index in [0.717, 1.165) is 11.1 Å². The molecule has 3 aromatic carbocycles. The standard InChI is InChI=1S/C20H14F2N2/c21-15-9-6-10-16(22)19(15)20-23-17-11-4-5-12-18(17)24(20)13-14-7-2-1-3-8-14/h1-12H,13H2. The SMILES string of the molecule is Fc1cccc(F)c1-c1nc2ccccc2n1Cc1ccccc1. The largest absolute Gasteiger partial charge is 0.319 e.